The maximum absolute atomic E-state index is 14.2. The fraction of sp³-hybridized carbons (Fsp3) is 0.216. The molecule has 1 atom stereocenters. The van der Waals surface area contributed by atoms with Crippen molar-refractivity contribution >= 4 is 33.8 Å². The van der Waals surface area contributed by atoms with Crippen LogP contribution < -0.4 is 4.57 Å². The molecule has 0 spiro atoms. The van der Waals surface area contributed by atoms with Crippen molar-refractivity contribution in [3.8, 4) is 11.1 Å². The first-order valence-corrected chi connectivity index (χ1v) is 20.1. The average Bonchev–Trinajstić information content (AvgIpc) is 3.69. The second-order valence-electron chi connectivity index (χ2n) is 15.1. The molecular weight excluding hydrogens is 707 g/mol. The van der Waals surface area contributed by atoms with Gasteiger partial charge in [-0.15, -0.1) is 4.68 Å². The molecule has 6 heteroatoms. The third kappa shape index (κ3) is 7.95. The number of benzene rings is 5. The van der Waals surface area contributed by atoms with Gasteiger partial charge in [-0.3, -0.25) is 0 Å². The van der Waals surface area contributed by atoms with Crippen molar-refractivity contribution in [1.82, 2.24) is 14.7 Å². The highest BCUT2D eigenvalue weighted by Crippen LogP contribution is 2.44. The summed E-state index contributed by atoms with van der Waals surface area (Å²) < 4.78 is 31.4. The summed E-state index contributed by atoms with van der Waals surface area (Å²) in [5, 5.41) is 6.85. The van der Waals surface area contributed by atoms with Gasteiger partial charge in [-0.05, 0) is 87.7 Å². The van der Waals surface area contributed by atoms with Crippen molar-refractivity contribution in [3.05, 3.63) is 191 Å². The molecule has 8 rings (SSSR count). The van der Waals surface area contributed by atoms with Gasteiger partial charge < -0.3 is 4.90 Å². The molecule has 0 fully saturated rings. The maximum Gasteiger partial charge on any atom is 0.265 e. The van der Waals surface area contributed by atoms with E-state index in [9.17, 15) is 8.78 Å². The summed E-state index contributed by atoms with van der Waals surface area (Å²) >= 11 is 0. The van der Waals surface area contributed by atoms with E-state index >= 15 is 0 Å². The van der Waals surface area contributed by atoms with Gasteiger partial charge >= 0.3 is 0 Å². The number of aromatic nitrogens is 3. The second-order valence-corrected chi connectivity index (χ2v) is 15.1. The number of alkyl halides is 1. The van der Waals surface area contributed by atoms with Crippen molar-refractivity contribution in [3.63, 3.8) is 0 Å². The molecule has 1 aromatic heterocycles. The summed E-state index contributed by atoms with van der Waals surface area (Å²) in [7, 11) is 0. The van der Waals surface area contributed by atoms with Crippen LogP contribution in [0, 0.1) is 0 Å². The molecule has 0 amide bonds. The van der Waals surface area contributed by atoms with Crippen molar-refractivity contribution in [2.24, 2.45) is 0 Å². The Morgan fingerprint density at radius 1 is 0.789 bits per heavy atom. The standard InChI is InChI=1S/C51H49F2N4/c1-5-37-12-18-41(19-13-37)49(42-20-14-38(6-2)15-21-42)30-39-16-22-40(23-17-39)47-27-26-46-36(4)57(35(3)45-10-9-11-48(47)51(45)46)29-8-7-28-56-34-55(33-54-56)32-43-24-25-44(52)31-50(43)53/h9-27,30,33-34,44H,3-8,28-29,31-32H2,1-2H3/q+1. The Kier molecular flexibility index (Phi) is 11.0. The molecule has 0 bridgehead atoms. The lowest BCUT2D eigenvalue weighted by Gasteiger charge is -2.35. The summed E-state index contributed by atoms with van der Waals surface area (Å²) in [6, 6.07) is 37.8. The van der Waals surface area contributed by atoms with Gasteiger partial charge in [0.2, 0.25) is 6.33 Å². The lowest BCUT2D eigenvalue weighted by atomic mass is 9.87. The third-order valence-corrected chi connectivity index (χ3v) is 11.4. The Labute approximate surface area is 335 Å². The van der Waals surface area contributed by atoms with Gasteiger partial charge in [-0.2, -0.15) is 0 Å². The van der Waals surface area contributed by atoms with Gasteiger partial charge in [0, 0.05) is 51.5 Å². The van der Waals surface area contributed by atoms with Crippen molar-refractivity contribution in [1.29, 1.82) is 0 Å². The van der Waals surface area contributed by atoms with E-state index in [4.69, 9.17) is 0 Å². The van der Waals surface area contributed by atoms with Gasteiger partial charge in [0.25, 0.3) is 6.33 Å². The minimum atomic E-state index is -1.25. The van der Waals surface area contributed by atoms with Crippen LogP contribution in [0.25, 0.3) is 44.9 Å². The molecule has 1 aliphatic carbocycles. The third-order valence-electron chi connectivity index (χ3n) is 11.4. The Balaban J connectivity index is 0.975. The molecule has 4 nitrogen and oxygen atoms in total. The normalized spacial score (nSPS) is 15.2. The van der Waals surface area contributed by atoms with Gasteiger partial charge in [-0.25, -0.2) is 13.3 Å². The summed E-state index contributed by atoms with van der Waals surface area (Å²) in [5.74, 6) is -0.393. The fourth-order valence-corrected chi connectivity index (χ4v) is 8.08. The van der Waals surface area contributed by atoms with E-state index in [2.05, 4.69) is 146 Å². The Bertz CT molecular complexity index is 2460. The molecule has 2 aliphatic rings. The zero-order valence-electron chi connectivity index (χ0n) is 32.9. The molecule has 1 unspecified atom stereocenters. The number of allylic oxidation sites excluding steroid dienone is 4. The molecular formula is C51H49F2N4+. The van der Waals surface area contributed by atoms with Gasteiger partial charge in [0.15, 0.2) is 0 Å². The minimum absolute atomic E-state index is 0.189. The van der Waals surface area contributed by atoms with E-state index in [-0.39, 0.29) is 6.42 Å². The predicted octanol–water partition coefficient (Wildman–Crippen LogP) is 12.0. The Hall–Kier alpha value is -6.14. The van der Waals surface area contributed by atoms with Gasteiger partial charge in [0.1, 0.15) is 18.5 Å². The number of rotatable bonds is 13. The highest BCUT2D eigenvalue weighted by molar-refractivity contribution is 6.10. The van der Waals surface area contributed by atoms with Crippen LogP contribution in [-0.4, -0.2) is 27.4 Å². The van der Waals surface area contributed by atoms with Crippen molar-refractivity contribution in [2.45, 2.75) is 65.2 Å². The zero-order chi connectivity index (χ0) is 39.5. The fourth-order valence-electron chi connectivity index (χ4n) is 8.08. The van der Waals surface area contributed by atoms with E-state index in [1.807, 2.05) is 15.6 Å². The smallest absolute Gasteiger partial charge is 0.265 e. The number of unbranched alkanes of at least 4 members (excludes halogenated alkanes) is 1. The number of nitrogens with zero attached hydrogens (tertiary/aromatic N) is 4. The Morgan fingerprint density at radius 3 is 2.07 bits per heavy atom. The lowest BCUT2D eigenvalue weighted by Crippen LogP contribution is -2.32. The highest BCUT2D eigenvalue weighted by atomic mass is 19.1. The van der Waals surface area contributed by atoms with Crippen LogP contribution in [0.4, 0.5) is 8.78 Å². The van der Waals surface area contributed by atoms with Crippen LogP contribution in [0.5, 0.6) is 0 Å². The molecule has 6 aromatic rings. The van der Waals surface area contributed by atoms with Crippen LogP contribution in [0.3, 0.4) is 0 Å². The van der Waals surface area contributed by atoms with E-state index in [0.717, 1.165) is 66.9 Å². The van der Waals surface area contributed by atoms with E-state index in [1.54, 1.807) is 12.4 Å². The monoisotopic (exact) mass is 755 g/mol. The molecule has 57 heavy (non-hydrogen) atoms. The van der Waals surface area contributed by atoms with Crippen LogP contribution in [-0.2, 0) is 25.9 Å². The predicted molar refractivity (Wildman–Crippen MR) is 231 cm³/mol. The van der Waals surface area contributed by atoms with E-state index in [1.165, 1.54) is 55.8 Å². The van der Waals surface area contributed by atoms with Crippen molar-refractivity contribution < 1.29 is 13.3 Å². The first kappa shape index (κ1) is 37.8. The average molecular weight is 756 g/mol. The van der Waals surface area contributed by atoms with E-state index in [0.29, 0.717) is 12.1 Å². The quantitative estimate of drug-likeness (QED) is 0.0666. The van der Waals surface area contributed by atoms with Gasteiger partial charge in [-0.1, -0.05) is 136 Å². The summed E-state index contributed by atoms with van der Waals surface area (Å²) in [4.78, 5) is 2.24. The molecule has 2 heterocycles. The number of halogens is 2. The van der Waals surface area contributed by atoms with Crippen LogP contribution in [0.2, 0.25) is 0 Å². The maximum atomic E-state index is 14.2. The number of hydrogen-bond acceptors (Lipinski definition) is 2. The minimum Gasteiger partial charge on any atom is -0.341 e. The molecule has 0 radical (unpaired) electrons. The summed E-state index contributed by atoms with van der Waals surface area (Å²) in [6.45, 7) is 15.4. The van der Waals surface area contributed by atoms with Gasteiger partial charge in [0.05, 0.1) is 6.54 Å². The zero-order valence-corrected chi connectivity index (χ0v) is 32.9. The highest BCUT2D eigenvalue weighted by Gasteiger charge is 2.26. The summed E-state index contributed by atoms with van der Waals surface area (Å²) in [6.07, 6.45) is 11.3. The van der Waals surface area contributed by atoms with Crippen LogP contribution in [0.15, 0.2) is 152 Å². The molecule has 5 aromatic carbocycles. The topological polar surface area (TPSA) is 24.9 Å². The lowest BCUT2D eigenvalue weighted by molar-refractivity contribution is -0.689. The Morgan fingerprint density at radius 2 is 1.42 bits per heavy atom. The number of hydrogen-bond donors (Lipinski definition) is 0. The van der Waals surface area contributed by atoms with Crippen LogP contribution >= 0.6 is 0 Å². The summed E-state index contributed by atoms with van der Waals surface area (Å²) in [5.41, 5.74) is 14.5. The molecule has 1 aliphatic heterocycles. The SMILES string of the molecule is C=C1c2cccc3c(-c4ccc(C=C(c5ccc(CC)cc5)c5ccc(CC)cc5)cc4)ccc(c23)C(=C)N1CCCCn1c[n+](CC2=C(F)CC(F)C=C2)cn1. The van der Waals surface area contributed by atoms with E-state index < -0.39 is 12.0 Å². The second kappa shape index (κ2) is 16.5. The van der Waals surface area contributed by atoms with Crippen molar-refractivity contribution in [2.75, 3.05) is 6.54 Å². The largest absolute Gasteiger partial charge is 0.341 e. The first-order valence-electron chi connectivity index (χ1n) is 20.1. The van der Waals surface area contributed by atoms with Crippen LogP contribution in [0.1, 0.15) is 72.1 Å². The molecule has 0 saturated heterocycles. The molecule has 0 N–H and O–H groups in total. The number of aryl methyl sites for hydroxylation is 3. The molecule has 286 valence electrons. The first-order chi connectivity index (χ1) is 27.8. The molecule has 0 saturated carbocycles.